The van der Waals surface area contributed by atoms with Gasteiger partial charge in [-0.2, -0.15) is 5.10 Å². The van der Waals surface area contributed by atoms with E-state index in [0.29, 0.717) is 0 Å². The summed E-state index contributed by atoms with van der Waals surface area (Å²) in [5.74, 6) is -0.582. The smallest absolute Gasteiger partial charge is 0.260 e. The molecule has 0 saturated heterocycles. The Morgan fingerprint density at radius 2 is 1.75 bits per heavy atom. The average molecular weight is 416 g/mol. The summed E-state index contributed by atoms with van der Waals surface area (Å²) in [6.45, 7) is -0.435. The molecule has 1 N–H and O–H groups in total. The van der Waals surface area contributed by atoms with Crippen molar-refractivity contribution in [2.45, 2.75) is 0 Å². The molecule has 0 fully saturated rings. The van der Waals surface area contributed by atoms with Gasteiger partial charge in [-0.1, -0.05) is 66.2 Å². The minimum atomic E-state index is -3.71. The summed E-state index contributed by atoms with van der Waals surface area (Å²) in [6, 6.07) is 20.0. The van der Waals surface area contributed by atoms with Crippen LogP contribution in [0.5, 0.6) is 0 Å². The molecule has 0 unspecified atom stereocenters. The van der Waals surface area contributed by atoms with Crippen LogP contribution < -0.4 is 9.73 Å². The summed E-state index contributed by atoms with van der Waals surface area (Å²) in [7, 11) is -3.71. The van der Waals surface area contributed by atoms with Crippen molar-refractivity contribution >= 4 is 50.2 Å². The van der Waals surface area contributed by atoms with Gasteiger partial charge in [-0.05, 0) is 22.9 Å². The van der Waals surface area contributed by atoms with Crippen LogP contribution in [0, 0.1) is 0 Å². The van der Waals surface area contributed by atoms with Gasteiger partial charge in [-0.15, -0.1) is 0 Å². The molecule has 8 heteroatoms. The molecule has 0 heterocycles. The first kappa shape index (κ1) is 19.9. The van der Waals surface area contributed by atoms with Crippen molar-refractivity contribution in [1.82, 2.24) is 5.43 Å². The van der Waals surface area contributed by atoms with Crippen LogP contribution >= 0.6 is 11.6 Å². The number of para-hydroxylation sites is 1. The van der Waals surface area contributed by atoms with E-state index in [4.69, 9.17) is 11.6 Å². The number of hydrogen-bond donors (Lipinski definition) is 1. The molecule has 0 aliphatic rings. The van der Waals surface area contributed by atoms with E-state index in [-0.39, 0.29) is 10.7 Å². The largest absolute Gasteiger partial charge is 0.271 e. The van der Waals surface area contributed by atoms with Gasteiger partial charge in [-0.3, -0.25) is 9.10 Å². The third-order valence-electron chi connectivity index (χ3n) is 4.02. The van der Waals surface area contributed by atoms with Gasteiger partial charge >= 0.3 is 0 Å². The first-order valence-corrected chi connectivity index (χ1v) is 10.6. The lowest BCUT2D eigenvalue weighted by molar-refractivity contribution is -0.119. The summed E-state index contributed by atoms with van der Waals surface area (Å²) >= 11 is 6.08. The molecule has 3 rings (SSSR count). The summed E-state index contributed by atoms with van der Waals surface area (Å²) in [5.41, 5.74) is 3.44. The fourth-order valence-electron chi connectivity index (χ4n) is 2.74. The van der Waals surface area contributed by atoms with Crippen molar-refractivity contribution in [3.8, 4) is 0 Å². The highest BCUT2D eigenvalue weighted by Gasteiger charge is 2.22. The minimum Gasteiger partial charge on any atom is -0.271 e. The predicted octanol–water partition coefficient (Wildman–Crippen LogP) is 3.41. The van der Waals surface area contributed by atoms with Crippen LogP contribution in [0.2, 0.25) is 5.02 Å². The molecule has 3 aromatic carbocycles. The van der Waals surface area contributed by atoms with Crippen LogP contribution in [0.3, 0.4) is 0 Å². The fraction of sp³-hybridized carbons (Fsp3) is 0.100. The molecule has 0 aliphatic carbocycles. The highest BCUT2D eigenvalue weighted by atomic mass is 35.5. The zero-order valence-corrected chi connectivity index (χ0v) is 16.6. The van der Waals surface area contributed by atoms with Crippen LogP contribution in [-0.2, 0) is 14.8 Å². The number of hydrazone groups is 1. The first-order valence-electron chi connectivity index (χ1n) is 8.38. The summed E-state index contributed by atoms with van der Waals surface area (Å²) in [6.07, 6.45) is 2.55. The third-order valence-corrected chi connectivity index (χ3v) is 5.47. The third kappa shape index (κ3) is 4.68. The number of nitrogens with zero attached hydrogens (tertiary/aromatic N) is 2. The van der Waals surface area contributed by atoms with E-state index in [1.54, 1.807) is 18.2 Å². The Morgan fingerprint density at radius 3 is 2.50 bits per heavy atom. The quantitative estimate of drug-likeness (QED) is 0.495. The van der Waals surface area contributed by atoms with Gasteiger partial charge < -0.3 is 0 Å². The number of anilines is 1. The highest BCUT2D eigenvalue weighted by Crippen LogP contribution is 2.26. The average Bonchev–Trinajstić information content (AvgIpc) is 2.66. The van der Waals surface area contributed by atoms with E-state index in [2.05, 4.69) is 10.5 Å². The van der Waals surface area contributed by atoms with Crippen LogP contribution in [-0.4, -0.2) is 33.3 Å². The van der Waals surface area contributed by atoms with Crippen LogP contribution in [0.15, 0.2) is 71.8 Å². The van der Waals surface area contributed by atoms with Crippen molar-refractivity contribution in [3.05, 3.63) is 77.3 Å². The Hall–Kier alpha value is -2.90. The standard InChI is InChI=1S/C20H18ClN3O3S/c1-28(26,27)24(19-12-5-4-11-18(19)21)14-20(25)23-22-13-16-9-6-8-15-7-2-3-10-17(15)16/h2-13H,14H2,1H3,(H,23,25)/b22-13-. The van der Waals surface area contributed by atoms with E-state index in [1.165, 1.54) is 12.3 Å². The van der Waals surface area contributed by atoms with Crippen molar-refractivity contribution < 1.29 is 13.2 Å². The Balaban J connectivity index is 1.75. The van der Waals surface area contributed by atoms with Crippen molar-refractivity contribution in [1.29, 1.82) is 0 Å². The van der Waals surface area contributed by atoms with Gasteiger partial charge in [0, 0.05) is 5.56 Å². The normalized spacial score (nSPS) is 11.6. The molecule has 0 radical (unpaired) electrons. The van der Waals surface area contributed by atoms with Gasteiger partial charge in [0.1, 0.15) is 6.54 Å². The minimum absolute atomic E-state index is 0.236. The number of halogens is 1. The molecule has 144 valence electrons. The number of nitrogens with one attached hydrogen (secondary N) is 1. The molecule has 3 aromatic rings. The maximum atomic E-state index is 12.3. The molecule has 6 nitrogen and oxygen atoms in total. The molecular weight excluding hydrogens is 398 g/mol. The fourth-order valence-corrected chi connectivity index (χ4v) is 3.89. The van der Waals surface area contributed by atoms with Gasteiger partial charge in [0.25, 0.3) is 5.91 Å². The molecule has 0 saturated carbocycles. The number of rotatable bonds is 6. The van der Waals surface area contributed by atoms with Crippen molar-refractivity contribution in [2.24, 2.45) is 5.10 Å². The first-order chi connectivity index (χ1) is 13.4. The maximum absolute atomic E-state index is 12.3. The molecule has 0 aliphatic heterocycles. The van der Waals surface area contributed by atoms with Crippen LogP contribution in [0.25, 0.3) is 10.8 Å². The Kier molecular flexibility index (Phi) is 5.96. The van der Waals surface area contributed by atoms with E-state index in [9.17, 15) is 13.2 Å². The number of sulfonamides is 1. The van der Waals surface area contributed by atoms with Crippen LogP contribution in [0.1, 0.15) is 5.56 Å². The molecule has 28 heavy (non-hydrogen) atoms. The second-order valence-corrected chi connectivity index (χ2v) is 8.40. The second-order valence-electron chi connectivity index (χ2n) is 6.08. The van der Waals surface area contributed by atoms with E-state index < -0.39 is 22.5 Å². The number of fused-ring (bicyclic) bond motifs is 1. The molecule has 0 atom stereocenters. The van der Waals surface area contributed by atoms with Gasteiger partial charge in [0.2, 0.25) is 10.0 Å². The van der Waals surface area contributed by atoms with Gasteiger partial charge in [0.15, 0.2) is 0 Å². The molecule has 0 aromatic heterocycles. The summed E-state index contributed by atoms with van der Waals surface area (Å²) in [5, 5.41) is 6.25. The van der Waals surface area contributed by atoms with Crippen molar-refractivity contribution in [2.75, 3.05) is 17.1 Å². The lowest BCUT2D eigenvalue weighted by Crippen LogP contribution is -2.39. The number of amides is 1. The van der Waals surface area contributed by atoms with E-state index in [0.717, 1.165) is 26.9 Å². The zero-order valence-electron chi connectivity index (χ0n) is 15.0. The zero-order chi connectivity index (χ0) is 20.1. The molecular formula is C20H18ClN3O3S. The summed E-state index contributed by atoms with van der Waals surface area (Å²) < 4.78 is 25.2. The lowest BCUT2D eigenvalue weighted by Gasteiger charge is -2.22. The number of benzene rings is 3. The molecule has 0 spiro atoms. The molecule has 1 amide bonds. The number of hydrogen-bond acceptors (Lipinski definition) is 4. The topological polar surface area (TPSA) is 78.8 Å². The number of carbonyl (C=O) groups is 1. The molecule has 0 bridgehead atoms. The number of carbonyl (C=O) groups excluding carboxylic acids is 1. The maximum Gasteiger partial charge on any atom is 0.260 e. The lowest BCUT2D eigenvalue weighted by atomic mass is 10.1. The van der Waals surface area contributed by atoms with E-state index in [1.807, 2.05) is 42.5 Å². The Morgan fingerprint density at radius 1 is 1.07 bits per heavy atom. The monoisotopic (exact) mass is 415 g/mol. The van der Waals surface area contributed by atoms with Gasteiger partial charge in [0.05, 0.1) is 23.2 Å². The highest BCUT2D eigenvalue weighted by molar-refractivity contribution is 7.92. The van der Waals surface area contributed by atoms with Gasteiger partial charge in [-0.25, -0.2) is 13.8 Å². The second kappa shape index (κ2) is 8.41. The van der Waals surface area contributed by atoms with E-state index >= 15 is 0 Å². The predicted molar refractivity (Wildman–Crippen MR) is 113 cm³/mol. The Labute approximate surface area is 168 Å². The van der Waals surface area contributed by atoms with Crippen molar-refractivity contribution in [3.63, 3.8) is 0 Å². The van der Waals surface area contributed by atoms with Crippen LogP contribution in [0.4, 0.5) is 5.69 Å². The Bertz CT molecular complexity index is 1140. The summed E-state index contributed by atoms with van der Waals surface area (Å²) in [4.78, 5) is 12.3. The SMILES string of the molecule is CS(=O)(=O)N(CC(=O)N/N=C\c1cccc2ccccc12)c1ccccc1Cl.